The molecule has 10 heteroatoms. The molecule has 0 saturated carbocycles. The number of hydrogen-bond donors (Lipinski definition) is 3. The average molecular weight is 508 g/mol. The van der Waals surface area contributed by atoms with Gasteiger partial charge in [-0.25, -0.2) is 4.79 Å². The third-order valence-corrected chi connectivity index (χ3v) is 5.38. The normalized spacial score (nSPS) is 12.8. The molecule has 0 aromatic heterocycles. The Bertz CT molecular complexity index is 911. The first-order chi connectivity index (χ1) is 16.8. The minimum absolute atomic E-state index is 0.197. The van der Waals surface area contributed by atoms with Crippen molar-refractivity contribution >= 4 is 23.9 Å². The van der Waals surface area contributed by atoms with Crippen LogP contribution in [0.2, 0.25) is 0 Å². The first kappa shape index (κ1) is 30.9. The van der Waals surface area contributed by atoms with E-state index >= 15 is 0 Å². The number of carbonyl (C=O) groups is 4. The van der Waals surface area contributed by atoms with Crippen LogP contribution in [-0.2, 0) is 23.9 Å². The molecule has 1 aromatic rings. The van der Waals surface area contributed by atoms with E-state index in [2.05, 4.69) is 15.4 Å². The summed E-state index contributed by atoms with van der Waals surface area (Å²) in [4.78, 5) is 52.5. The molecular formula is C26H41N3O7. The van der Waals surface area contributed by atoms with E-state index in [0.29, 0.717) is 12.0 Å². The van der Waals surface area contributed by atoms with Crippen LogP contribution in [0.4, 0.5) is 4.79 Å². The zero-order valence-corrected chi connectivity index (χ0v) is 22.5. The van der Waals surface area contributed by atoms with Crippen LogP contribution in [0.3, 0.4) is 0 Å². The van der Waals surface area contributed by atoms with Crippen molar-refractivity contribution in [1.29, 1.82) is 0 Å². The monoisotopic (exact) mass is 507 g/mol. The molecule has 2 atom stereocenters. The highest BCUT2D eigenvalue weighted by Crippen LogP contribution is 2.27. The minimum atomic E-state index is -1.33. The standard InChI is InChI=1S/C26H41N3O7/c1-8-9-10-13-29(24(33)20(16-30)28-25(34)36-26(4,5)6)22(23(32)27-15-21(31)35-7)19-14-17(2)11-12-18(19)3/h11-12,14,20,22,30H,8-10,13,15-16H2,1-7H3,(H,27,32)(H,28,34). The first-order valence-corrected chi connectivity index (χ1v) is 12.2. The SMILES string of the molecule is CCCCCN(C(=O)C(CO)NC(=O)OC(C)(C)C)C(C(=O)NCC(=O)OC)c1cc(C)ccc1C. The summed E-state index contributed by atoms with van der Waals surface area (Å²) in [6.07, 6.45) is 1.42. The predicted octanol–water partition coefficient (Wildman–Crippen LogP) is 2.54. The van der Waals surface area contributed by atoms with Crippen molar-refractivity contribution in [3.63, 3.8) is 0 Å². The summed E-state index contributed by atoms with van der Waals surface area (Å²) in [5.41, 5.74) is 1.43. The molecule has 2 unspecified atom stereocenters. The number of nitrogens with zero attached hydrogens (tertiary/aromatic N) is 1. The fourth-order valence-corrected chi connectivity index (χ4v) is 3.57. The number of aliphatic hydroxyl groups excluding tert-OH is 1. The summed E-state index contributed by atoms with van der Waals surface area (Å²) in [6, 6.07) is 3.12. The quantitative estimate of drug-likeness (QED) is 0.292. The summed E-state index contributed by atoms with van der Waals surface area (Å²) >= 11 is 0. The van der Waals surface area contributed by atoms with Gasteiger partial charge in [0.1, 0.15) is 24.2 Å². The molecule has 1 aromatic carbocycles. The van der Waals surface area contributed by atoms with Crippen LogP contribution in [0.1, 0.15) is 69.7 Å². The number of rotatable bonds is 12. The molecule has 0 spiro atoms. The Kier molecular flexibility index (Phi) is 12.4. The molecule has 1 rings (SSSR count). The van der Waals surface area contributed by atoms with Crippen LogP contribution in [0.5, 0.6) is 0 Å². The fourth-order valence-electron chi connectivity index (χ4n) is 3.57. The summed E-state index contributed by atoms with van der Waals surface area (Å²) in [5.74, 6) is -1.85. The van der Waals surface area contributed by atoms with E-state index in [1.165, 1.54) is 12.0 Å². The Hall–Kier alpha value is -3.14. The Morgan fingerprint density at radius 3 is 2.33 bits per heavy atom. The highest BCUT2D eigenvalue weighted by molar-refractivity contribution is 5.93. The molecular weight excluding hydrogens is 466 g/mol. The third kappa shape index (κ3) is 9.85. The number of carbonyl (C=O) groups excluding carboxylic acids is 4. The lowest BCUT2D eigenvalue weighted by Crippen LogP contribution is -2.55. The van der Waals surface area contributed by atoms with E-state index in [1.54, 1.807) is 20.8 Å². The number of benzene rings is 1. The minimum Gasteiger partial charge on any atom is -0.468 e. The van der Waals surface area contributed by atoms with E-state index in [0.717, 1.165) is 24.0 Å². The van der Waals surface area contributed by atoms with Gasteiger partial charge in [-0.15, -0.1) is 0 Å². The van der Waals surface area contributed by atoms with Gasteiger partial charge in [0.05, 0.1) is 13.7 Å². The maximum absolute atomic E-state index is 13.7. The van der Waals surface area contributed by atoms with Crippen LogP contribution in [0, 0.1) is 13.8 Å². The predicted molar refractivity (Wildman–Crippen MR) is 135 cm³/mol. The van der Waals surface area contributed by atoms with Crippen LogP contribution < -0.4 is 10.6 Å². The van der Waals surface area contributed by atoms with E-state index in [9.17, 15) is 24.3 Å². The molecule has 0 aliphatic heterocycles. The summed E-state index contributed by atoms with van der Waals surface area (Å²) in [7, 11) is 1.21. The van der Waals surface area contributed by atoms with Gasteiger partial charge in [0.2, 0.25) is 11.8 Å². The number of hydrogen-bond acceptors (Lipinski definition) is 7. The lowest BCUT2D eigenvalue weighted by molar-refractivity contribution is -0.145. The number of aliphatic hydroxyl groups is 1. The van der Waals surface area contributed by atoms with Crippen LogP contribution in [-0.4, -0.2) is 72.3 Å². The summed E-state index contributed by atoms with van der Waals surface area (Å²) < 4.78 is 9.87. The number of ether oxygens (including phenoxy) is 2. The molecule has 0 heterocycles. The third-order valence-electron chi connectivity index (χ3n) is 5.38. The molecule has 0 bridgehead atoms. The van der Waals surface area contributed by atoms with Gasteiger partial charge in [-0.2, -0.15) is 0 Å². The first-order valence-electron chi connectivity index (χ1n) is 12.2. The zero-order chi connectivity index (χ0) is 27.5. The molecule has 0 aliphatic rings. The second-order valence-corrected chi connectivity index (χ2v) is 9.68. The van der Waals surface area contributed by atoms with Crippen molar-refractivity contribution in [3.05, 3.63) is 34.9 Å². The Balaban J connectivity index is 3.46. The van der Waals surface area contributed by atoms with Gasteiger partial charge in [0.15, 0.2) is 0 Å². The van der Waals surface area contributed by atoms with Gasteiger partial charge in [-0.3, -0.25) is 14.4 Å². The number of esters is 1. The van der Waals surface area contributed by atoms with E-state index in [4.69, 9.17) is 4.74 Å². The Morgan fingerprint density at radius 1 is 1.11 bits per heavy atom. The second kappa shape index (κ2) is 14.4. The smallest absolute Gasteiger partial charge is 0.408 e. The van der Waals surface area contributed by atoms with E-state index in [1.807, 2.05) is 39.0 Å². The Labute approximate surface area is 213 Å². The molecule has 36 heavy (non-hydrogen) atoms. The lowest BCUT2D eigenvalue weighted by Gasteiger charge is -2.35. The van der Waals surface area contributed by atoms with E-state index < -0.39 is 48.2 Å². The summed E-state index contributed by atoms with van der Waals surface area (Å²) in [5, 5.41) is 14.9. The van der Waals surface area contributed by atoms with Crippen LogP contribution in [0.15, 0.2) is 18.2 Å². The van der Waals surface area contributed by atoms with Crippen LogP contribution >= 0.6 is 0 Å². The lowest BCUT2D eigenvalue weighted by atomic mass is 9.96. The van der Waals surface area contributed by atoms with Crippen molar-refractivity contribution in [2.45, 2.75) is 78.5 Å². The second-order valence-electron chi connectivity index (χ2n) is 9.68. The highest BCUT2D eigenvalue weighted by Gasteiger charge is 2.36. The van der Waals surface area contributed by atoms with Gasteiger partial charge in [-0.05, 0) is 52.2 Å². The Morgan fingerprint density at radius 2 is 1.78 bits per heavy atom. The summed E-state index contributed by atoms with van der Waals surface area (Å²) in [6.45, 7) is 9.90. The van der Waals surface area contributed by atoms with E-state index in [-0.39, 0.29) is 13.1 Å². The number of aryl methyl sites for hydroxylation is 2. The maximum atomic E-state index is 13.7. The van der Waals surface area contributed by atoms with Crippen molar-refractivity contribution in [1.82, 2.24) is 15.5 Å². The number of amides is 3. The van der Waals surface area contributed by atoms with Gasteiger partial charge >= 0.3 is 12.1 Å². The zero-order valence-electron chi connectivity index (χ0n) is 22.5. The average Bonchev–Trinajstić information content (AvgIpc) is 2.80. The fraction of sp³-hybridized carbons (Fsp3) is 0.615. The maximum Gasteiger partial charge on any atom is 0.408 e. The number of alkyl carbamates (subject to hydrolysis) is 1. The molecule has 3 amide bonds. The number of nitrogens with one attached hydrogen (secondary N) is 2. The van der Waals surface area contributed by atoms with Crippen molar-refractivity contribution in [3.8, 4) is 0 Å². The number of methoxy groups -OCH3 is 1. The van der Waals surface area contributed by atoms with Crippen molar-refractivity contribution in [2.75, 3.05) is 26.8 Å². The van der Waals surface area contributed by atoms with Crippen molar-refractivity contribution < 1.29 is 33.8 Å². The van der Waals surface area contributed by atoms with Crippen molar-refractivity contribution in [2.24, 2.45) is 0 Å². The molecule has 3 N–H and O–H groups in total. The van der Waals surface area contributed by atoms with Crippen LogP contribution in [0.25, 0.3) is 0 Å². The topological polar surface area (TPSA) is 134 Å². The van der Waals surface area contributed by atoms with Gasteiger partial charge in [-0.1, -0.05) is 43.5 Å². The largest absolute Gasteiger partial charge is 0.468 e. The van der Waals surface area contributed by atoms with Gasteiger partial charge in [0, 0.05) is 6.54 Å². The molecule has 0 radical (unpaired) electrons. The number of unbranched alkanes of at least 4 members (excludes halogenated alkanes) is 2. The molecule has 10 nitrogen and oxygen atoms in total. The van der Waals surface area contributed by atoms with Gasteiger partial charge in [0.25, 0.3) is 0 Å². The molecule has 0 saturated heterocycles. The molecule has 0 aliphatic carbocycles. The molecule has 0 fully saturated rings. The van der Waals surface area contributed by atoms with Gasteiger partial charge < -0.3 is 30.1 Å². The molecule has 202 valence electrons. The highest BCUT2D eigenvalue weighted by atomic mass is 16.6.